The topological polar surface area (TPSA) is 64.9 Å². The molecular weight excluding hydrogens is 350 g/mol. The van der Waals surface area contributed by atoms with Crippen LogP contribution in [0.25, 0.3) is 0 Å². The molecule has 0 aromatic carbocycles. The zero-order valence-corrected chi connectivity index (χ0v) is 12.8. The molecule has 0 saturated heterocycles. The van der Waals surface area contributed by atoms with Crippen molar-refractivity contribution >= 4 is 17.5 Å². The monoisotopic (exact) mass is 361 g/mol. The lowest BCUT2D eigenvalue weighted by atomic mass is 9.93. The second-order valence-corrected chi connectivity index (χ2v) is 5.60. The minimum atomic E-state index is -4.67. The Bertz CT molecular complexity index is 688. The van der Waals surface area contributed by atoms with E-state index in [1.54, 1.807) is 6.07 Å². The molecule has 2 aliphatic carbocycles. The van der Waals surface area contributed by atoms with Gasteiger partial charge < -0.3 is 0 Å². The molecule has 2 rings (SSSR count). The first kappa shape index (κ1) is 18.1. The molecule has 2 N–H and O–H groups in total. The zero-order valence-electron chi connectivity index (χ0n) is 12.1. The smallest absolute Gasteiger partial charge is 0.298 e. The molecule has 2 aliphatic rings. The van der Waals surface area contributed by atoms with Crippen LogP contribution in [0.1, 0.15) is 6.42 Å². The quantitative estimate of drug-likeness (QED) is 0.599. The number of amides is 1. The number of allylic oxidation sites excluding steroid dienone is 6. The first-order valence-corrected chi connectivity index (χ1v) is 7.24. The summed E-state index contributed by atoms with van der Waals surface area (Å²) in [4.78, 5) is 12.0. The fraction of sp³-hybridized carbons (Fsp3) is 0.333. The normalized spacial score (nSPS) is 26.7. The van der Waals surface area contributed by atoms with Crippen molar-refractivity contribution in [2.75, 3.05) is 0 Å². The van der Waals surface area contributed by atoms with Crippen LogP contribution in [-0.2, 0) is 4.79 Å². The van der Waals surface area contributed by atoms with Gasteiger partial charge in [-0.05, 0) is 24.6 Å². The van der Waals surface area contributed by atoms with Crippen LogP contribution in [-0.4, -0.2) is 18.3 Å². The molecule has 0 saturated carbocycles. The fourth-order valence-corrected chi connectivity index (χ4v) is 2.57. The zero-order chi connectivity index (χ0) is 17.9. The summed E-state index contributed by atoms with van der Waals surface area (Å²) in [6.45, 7) is 0. The molecule has 0 spiro atoms. The van der Waals surface area contributed by atoms with Crippen LogP contribution in [0.15, 0.2) is 46.7 Å². The molecule has 3 atom stereocenters. The van der Waals surface area contributed by atoms with Gasteiger partial charge in [0.25, 0.3) is 0 Å². The minimum Gasteiger partial charge on any atom is -0.298 e. The molecule has 0 bridgehead atoms. The lowest BCUT2D eigenvalue weighted by Crippen LogP contribution is -2.44. The summed E-state index contributed by atoms with van der Waals surface area (Å²) in [6, 6.07) is 1.74. The van der Waals surface area contributed by atoms with Crippen molar-refractivity contribution in [3.8, 4) is 6.07 Å². The van der Waals surface area contributed by atoms with Gasteiger partial charge in [0.1, 0.15) is 12.1 Å². The van der Waals surface area contributed by atoms with E-state index in [1.807, 2.05) is 5.43 Å². The van der Waals surface area contributed by atoms with Gasteiger partial charge in [-0.3, -0.25) is 15.6 Å². The van der Waals surface area contributed by atoms with Crippen LogP contribution in [0.3, 0.4) is 0 Å². The summed E-state index contributed by atoms with van der Waals surface area (Å²) in [5.74, 6) is -3.14. The van der Waals surface area contributed by atoms with E-state index in [0.29, 0.717) is 0 Å². The number of hydrogen-bond donors (Lipinski definition) is 2. The molecule has 1 amide bonds. The number of nitriles is 1. The van der Waals surface area contributed by atoms with Crippen molar-refractivity contribution in [3.05, 3.63) is 46.7 Å². The Balaban J connectivity index is 2.12. The van der Waals surface area contributed by atoms with Crippen molar-refractivity contribution in [1.82, 2.24) is 10.9 Å². The highest BCUT2D eigenvalue weighted by Crippen LogP contribution is 2.35. The van der Waals surface area contributed by atoms with Crippen molar-refractivity contribution in [1.29, 1.82) is 5.26 Å². The van der Waals surface area contributed by atoms with E-state index < -0.39 is 47.8 Å². The molecule has 9 heteroatoms. The van der Waals surface area contributed by atoms with Gasteiger partial charge >= 0.3 is 6.18 Å². The molecular formula is C15H12ClF4N3O. The Labute approximate surface area is 140 Å². The van der Waals surface area contributed by atoms with Crippen molar-refractivity contribution in [2.45, 2.75) is 18.8 Å². The van der Waals surface area contributed by atoms with Crippen LogP contribution in [0.2, 0.25) is 0 Å². The van der Waals surface area contributed by atoms with E-state index in [4.69, 9.17) is 16.9 Å². The van der Waals surface area contributed by atoms with E-state index in [1.165, 1.54) is 18.2 Å². The fourth-order valence-electron chi connectivity index (χ4n) is 2.28. The van der Waals surface area contributed by atoms with Gasteiger partial charge in [0.2, 0.25) is 5.91 Å². The van der Waals surface area contributed by atoms with Gasteiger partial charge in [-0.15, -0.1) is 0 Å². The van der Waals surface area contributed by atoms with Gasteiger partial charge in [-0.2, -0.15) is 18.4 Å². The number of hydrogen-bond acceptors (Lipinski definition) is 3. The molecule has 3 unspecified atom stereocenters. The predicted octanol–water partition coefficient (Wildman–Crippen LogP) is 3.17. The van der Waals surface area contributed by atoms with E-state index in [-0.39, 0.29) is 5.03 Å². The molecule has 0 aromatic heterocycles. The number of rotatable bonds is 3. The lowest BCUT2D eigenvalue weighted by molar-refractivity contribution is -0.126. The Morgan fingerprint density at radius 1 is 1.38 bits per heavy atom. The molecule has 0 aliphatic heterocycles. The average molecular weight is 362 g/mol. The largest absolute Gasteiger partial charge is 0.414 e. The van der Waals surface area contributed by atoms with Crippen LogP contribution in [0.4, 0.5) is 17.6 Å². The van der Waals surface area contributed by atoms with Crippen molar-refractivity contribution < 1.29 is 22.4 Å². The molecule has 0 aromatic rings. The summed E-state index contributed by atoms with van der Waals surface area (Å²) < 4.78 is 52.9. The number of carbonyl (C=O) groups is 1. The van der Waals surface area contributed by atoms with E-state index in [9.17, 15) is 22.4 Å². The molecule has 24 heavy (non-hydrogen) atoms. The summed E-state index contributed by atoms with van der Waals surface area (Å²) in [7, 11) is 0. The van der Waals surface area contributed by atoms with Gasteiger partial charge in [0.05, 0.1) is 23.3 Å². The van der Waals surface area contributed by atoms with Crippen molar-refractivity contribution in [2.24, 2.45) is 11.8 Å². The molecule has 0 heterocycles. The van der Waals surface area contributed by atoms with Gasteiger partial charge in [0, 0.05) is 5.03 Å². The number of nitrogens with zero attached hydrogens (tertiary/aromatic N) is 1. The van der Waals surface area contributed by atoms with Crippen LogP contribution < -0.4 is 10.9 Å². The maximum absolute atomic E-state index is 13.7. The minimum absolute atomic E-state index is 0.0574. The Kier molecular flexibility index (Phi) is 5.34. The van der Waals surface area contributed by atoms with Gasteiger partial charge in [0.15, 0.2) is 0 Å². The lowest BCUT2D eigenvalue weighted by Gasteiger charge is -2.24. The number of carbonyl (C=O) groups excluding carboxylic acids is 1. The highest BCUT2D eigenvalue weighted by Gasteiger charge is 2.39. The molecule has 128 valence electrons. The molecule has 0 radical (unpaired) electrons. The standard InChI is InChI=1S/C15H12ClF4N3O/c16-10-2-1-3-11(17)13(10)14(24)23-22-12-5-4-8(7-21)6-9(12)15(18,19)20/h1-5,8,11,13,22H,6H2,(H,23,24). The third kappa shape index (κ3) is 3.97. The second kappa shape index (κ2) is 7.09. The van der Waals surface area contributed by atoms with E-state index in [2.05, 4.69) is 5.43 Å². The van der Waals surface area contributed by atoms with Crippen LogP contribution in [0.5, 0.6) is 0 Å². The van der Waals surface area contributed by atoms with Crippen LogP contribution in [0, 0.1) is 23.2 Å². The van der Waals surface area contributed by atoms with Gasteiger partial charge in [-0.25, -0.2) is 4.39 Å². The summed E-state index contributed by atoms with van der Waals surface area (Å²) in [6.07, 6.45) is -0.725. The molecule has 0 fully saturated rings. The van der Waals surface area contributed by atoms with E-state index in [0.717, 1.165) is 12.2 Å². The highest BCUT2D eigenvalue weighted by atomic mass is 35.5. The summed E-state index contributed by atoms with van der Waals surface area (Å²) in [5.41, 5.74) is 2.81. The Morgan fingerprint density at radius 3 is 2.67 bits per heavy atom. The number of nitrogens with one attached hydrogen (secondary N) is 2. The third-order valence-electron chi connectivity index (χ3n) is 3.52. The third-order valence-corrected chi connectivity index (χ3v) is 3.88. The predicted molar refractivity (Wildman–Crippen MR) is 78.7 cm³/mol. The van der Waals surface area contributed by atoms with Gasteiger partial charge in [-0.1, -0.05) is 23.8 Å². The second-order valence-electron chi connectivity index (χ2n) is 5.16. The first-order chi connectivity index (χ1) is 11.2. The summed E-state index contributed by atoms with van der Waals surface area (Å²) >= 11 is 5.77. The highest BCUT2D eigenvalue weighted by molar-refractivity contribution is 6.31. The number of alkyl halides is 4. The molecule has 4 nitrogen and oxygen atoms in total. The summed E-state index contributed by atoms with van der Waals surface area (Å²) in [5, 5.41) is 8.70. The number of halogens is 5. The Hall–Kier alpha value is -2.27. The van der Waals surface area contributed by atoms with E-state index >= 15 is 0 Å². The maximum atomic E-state index is 13.7. The average Bonchev–Trinajstić information content (AvgIpc) is 2.51. The number of hydrazine groups is 1. The first-order valence-electron chi connectivity index (χ1n) is 6.86. The van der Waals surface area contributed by atoms with Crippen molar-refractivity contribution in [3.63, 3.8) is 0 Å². The Morgan fingerprint density at radius 2 is 2.08 bits per heavy atom. The SMILES string of the molecule is N#CC1C=CC(NNC(=O)C2C(Cl)=CC=CC2F)=C(C(F)(F)F)C1. The maximum Gasteiger partial charge on any atom is 0.414 e. The van der Waals surface area contributed by atoms with Crippen LogP contribution >= 0.6 is 11.6 Å².